The summed E-state index contributed by atoms with van der Waals surface area (Å²) in [4.78, 5) is 4.79. The van der Waals surface area contributed by atoms with Gasteiger partial charge in [-0.15, -0.1) is 0 Å². The lowest BCUT2D eigenvalue weighted by Gasteiger charge is -2.56. The van der Waals surface area contributed by atoms with Crippen LogP contribution in [-0.2, 0) is 23.7 Å². The summed E-state index contributed by atoms with van der Waals surface area (Å²) < 4.78 is 40.7. The highest BCUT2D eigenvalue weighted by molar-refractivity contribution is 5.62. The average Bonchev–Trinajstić information content (AvgIpc) is 3.52. The van der Waals surface area contributed by atoms with Crippen LogP contribution >= 0.6 is 0 Å². The van der Waals surface area contributed by atoms with E-state index in [9.17, 15) is 19.0 Å². The van der Waals surface area contributed by atoms with E-state index < -0.39 is 18.4 Å². The molecule has 0 aromatic heterocycles. The molecule has 0 radical (unpaired) electrons. The monoisotopic (exact) mass is 606 g/mol. The Morgan fingerprint density at radius 1 is 0.773 bits per heavy atom. The van der Waals surface area contributed by atoms with E-state index in [4.69, 9.17) is 9.47 Å². The first-order valence-electron chi connectivity index (χ1n) is 15.4. The molecule has 236 valence electrons. The van der Waals surface area contributed by atoms with Crippen molar-refractivity contribution in [3.8, 4) is 17.2 Å². The number of halogens is 2. The topological polar surface area (TPSA) is 65.4 Å². The van der Waals surface area contributed by atoms with Crippen LogP contribution in [0.3, 0.4) is 0 Å². The maximum absolute atomic E-state index is 14.5. The molecule has 0 unspecified atom stereocenters. The predicted molar refractivity (Wildman–Crippen MR) is 166 cm³/mol. The van der Waals surface area contributed by atoms with Crippen molar-refractivity contribution in [1.82, 2.24) is 9.80 Å². The van der Waals surface area contributed by atoms with Crippen molar-refractivity contribution in [2.24, 2.45) is 11.8 Å². The van der Waals surface area contributed by atoms with E-state index in [1.807, 2.05) is 18.2 Å². The third-order valence-corrected chi connectivity index (χ3v) is 12.2. The zero-order valence-corrected chi connectivity index (χ0v) is 23.8. The molecule has 4 aliphatic carbocycles. The lowest BCUT2D eigenvalue weighted by Crippen LogP contribution is -2.64. The van der Waals surface area contributed by atoms with Gasteiger partial charge in [-0.25, -0.2) is 8.78 Å². The minimum absolute atomic E-state index is 0. The molecule has 10 atom stereocenters. The second-order valence-corrected chi connectivity index (χ2v) is 13.8. The van der Waals surface area contributed by atoms with Gasteiger partial charge in [0.05, 0.1) is 0 Å². The number of benzene rings is 2. The number of aliphatic hydroxyl groups excluding tert-OH is 1. The highest BCUT2D eigenvalue weighted by Gasteiger charge is 2.65. The highest BCUT2D eigenvalue weighted by atomic mass is 19.1. The number of likely N-dealkylation sites (tertiary alicyclic amines) is 2. The number of likely N-dealkylation sites (N-methyl/N-ethyl adjacent to an activating group) is 2. The molecule has 0 amide bonds. The molecular weight excluding hydrogens is 562 g/mol. The number of aliphatic hydroxyl groups is 1. The van der Waals surface area contributed by atoms with Crippen molar-refractivity contribution in [2.75, 3.05) is 27.2 Å². The Labute approximate surface area is 259 Å². The van der Waals surface area contributed by atoms with Gasteiger partial charge in [-0.2, -0.15) is 0 Å². The number of ether oxygens (including phenoxy) is 2. The molecule has 2 aromatic carbocycles. The number of alkyl halides is 1. The quantitative estimate of drug-likeness (QED) is 0.408. The van der Waals surface area contributed by atoms with Crippen LogP contribution in [0.5, 0.6) is 17.2 Å². The van der Waals surface area contributed by atoms with Gasteiger partial charge in [0.25, 0.3) is 0 Å². The predicted octanol–water partition coefficient (Wildman–Crippen LogP) is 5.08. The summed E-state index contributed by atoms with van der Waals surface area (Å²) in [5, 5.41) is 20.6. The number of rotatable bonds is 0. The van der Waals surface area contributed by atoms with Crippen LogP contribution in [0.15, 0.2) is 48.6 Å². The summed E-state index contributed by atoms with van der Waals surface area (Å²) in [5.74, 6) is 1.39. The Balaban J connectivity index is 0.000000136. The Kier molecular flexibility index (Phi) is 6.61. The van der Waals surface area contributed by atoms with Crippen molar-refractivity contribution in [3.63, 3.8) is 0 Å². The highest BCUT2D eigenvalue weighted by Crippen LogP contribution is 2.63. The average molecular weight is 607 g/mol. The van der Waals surface area contributed by atoms with Gasteiger partial charge < -0.3 is 29.5 Å². The molecule has 10 rings (SSSR count). The van der Waals surface area contributed by atoms with Gasteiger partial charge in [0.15, 0.2) is 29.2 Å². The molecule has 0 saturated carbocycles. The van der Waals surface area contributed by atoms with Crippen LogP contribution in [0.1, 0.15) is 49.9 Å². The summed E-state index contributed by atoms with van der Waals surface area (Å²) in [6, 6.07) is 7.93. The second kappa shape index (κ2) is 9.78. The summed E-state index contributed by atoms with van der Waals surface area (Å²) in [5.41, 5.74) is 4.03. The number of hydrogen-bond donors (Lipinski definition) is 2. The van der Waals surface area contributed by atoms with Gasteiger partial charge in [0, 0.05) is 45.9 Å². The van der Waals surface area contributed by atoms with Crippen molar-refractivity contribution < 1.29 is 28.5 Å². The third-order valence-electron chi connectivity index (χ3n) is 12.2. The molecule has 4 aliphatic heterocycles. The van der Waals surface area contributed by atoms with Gasteiger partial charge in [0.2, 0.25) is 0 Å². The number of phenolic OH excluding ortho intramolecular Hbond substituents is 1. The molecular formula is C36H44F2N2O4. The normalized spacial score (nSPS) is 40.7. The number of aromatic hydroxyl groups is 1. The van der Waals surface area contributed by atoms with Crippen LogP contribution in [-0.4, -0.2) is 83.8 Å². The molecule has 8 aliphatic rings. The number of piperidine rings is 2. The van der Waals surface area contributed by atoms with Crippen LogP contribution < -0.4 is 9.47 Å². The van der Waals surface area contributed by atoms with E-state index in [-0.39, 0.29) is 49.3 Å². The van der Waals surface area contributed by atoms with Gasteiger partial charge in [-0.05, 0) is 76.1 Å². The summed E-state index contributed by atoms with van der Waals surface area (Å²) >= 11 is 0. The van der Waals surface area contributed by atoms with Crippen LogP contribution in [0.4, 0.5) is 8.78 Å². The molecule has 4 heterocycles. The minimum atomic E-state index is -1.09. The zero-order valence-electron chi connectivity index (χ0n) is 23.8. The number of hydrogen-bond acceptors (Lipinski definition) is 6. The van der Waals surface area contributed by atoms with E-state index in [1.165, 1.54) is 17.2 Å². The minimum Gasteiger partial charge on any atom is -0.504 e. The smallest absolute Gasteiger partial charge is 0.165 e. The fraction of sp³-hybridized carbons (Fsp3) is 0.556. The van der Waals surface area contributed by atoms with Crippen LogP contribution in [0.2, 0.25) is 0 Å². The molecule has 4 bridgehead atoms. The Morgan fingerprint density at radius 3 is 1.98 bits per heavy atom. The molecule has 2 aromatic rings. The van der Waals surface area contributed by atoms with Crippen LogP contribution in [0, 0.1) is 17.7 Å². The largest absolute Gasteiger partial charge is 0.504 e. The second-order valence-electron chi connectivity index (χ2n) is 13.8. The van der Waals surface area contributed by atoms with Crippen molar-refractivity contribution in [3.05, 3.63) is 76.6 Å². The van der Waals surface area contributed by atoms with E-state index in [2.05, 4.69) is 36.0 Å². The van der Waals surface area contributed by atoms with E-state index >= 15 is 0 Å². The molecule has 44 heavy (non-hydrogen) atoms. The lowest BCUT2D eigenvalue weighted by molar-refractivity contribution is -0.0455. The van der Waals surface area contributed by atoms with E-state index in [0.29, 0.717) is 29.5 Å². The Morgan fingerprint density at radius 2 is 1.32 bits per heavy atom. The van der Waals surface area contributed by atoms with Gasteiger partial charge in [0.1, 0.15) is 18.3 Å². The maximum Gasteiger partial charge on any atom is 0.165 e. The van der Waals surface area contributed by atoms with Gasteiger partial charge >= 0.3 is 0 Å². The van der Waals surface area contributed by atoms with Gasteiger partial charge in [-0.1, -0.05) is 51.3 Å². The molecule has 2 spiro atoms. The SMILES string of the molecule is C.C.CN1CC[C@]23c4c5ccc(F)c4O[C@H]2[C@@H](O)C=C[C@H]3[C@H]1C5.CN1CC[C@]23c4c5ccc(O)c4O[C@H]2[C@@H](F)C=C[C@H]3[C@H]1C5. The standard InChI is InChI=1S/2C17H18FNO2.2CH4/c1-19-7-6-17-10-3-4-11(18)16(17)21-15-13(20)5-2-9(14(15)17)8-12(10)19;1-19-7-6-17-10-3-5-13(20)16(17)21-15-11(18)4-2-9(14(15)17)8-12(10)19;;/h2-5,10-12,16,20H,6-8H2,1H3;2-5,10,12-13,16,20H,6-8H2,1H3;2*1H4/t10-,11-,12+,16-,17-;10-,12+,13-,16-,17-;;/m00../s1. The first-order valence-corrected chi connectivity index (χ1v) is 15.4. The zero-order chi connectivity index (χ0) is 28.7. The van der Waals surface area contributed by atoms with E-state index in [1.54, 1.807) is 12.1 Å². The first kappa shape index (κ1) is 29.8. The first-order chi connectivity index (χ1) is 20.3. The molecule has 2 N–H and O–H groups in total. The van der Waals surface area contributed by atoms with Crippen molar-refractivity contribution in [1.29, 1.82) is 0 Å². The van der Waals surface area contributed by atoms with Crippen molar-refractivity contribution in [2.45, 2.75) is 87.9 Å². The fourth-order valence-electron chi connectivity index (χ4n) is 10.4. The maximum atomic E-state index is 14.5. The summed E-state index contributed by atoms with van der Waals surface area (Å²) in [7, 11) is 4.32. The molecule has 6 nitrogen and oxygen atoms in total. The Hall–Kier alpha value is -2.94. The Bertz CT molecular complexity index is 1460. The van der Waals surface area contributed by atoms with Crippen molar-refractivity contribution >= 4 is 0 Å². The van der Waals surface area contributed by atoms with E-state index in [0.717, 1.165) is 49.9 Å². The van der Waals surface area contributed by atoms with Gasteiger partial charge in [-0.3, -0.25) is 0 Å². The summed E-state index contributed by atoms with van der Waals surface area (Å²) in [6.45, 7) is 1.92. The molecule has 2 saturated heterocycles. The lowest BCUT2D eigenvalue weighted by atomic mass is 9.53. The number of nitrogens with zero attached hydrogens (tertiary/aromatic N) is 2. The van der Waals surface area contributed by atoms with Crippen LogP contribution in [0.25, 0.3) is 0 Å². The molecule has 8 heteroatoms. The fourth-order valence-corrected chi connectivity index (χ4v) is 10.4. The third kappa shape index (κ3) is 3.40. The number of phenols is 1. The summed E-state index contributed by atoms with van der Waals surface area (Å²) in [6.07, 6.45) is 8.84. The molecule has 2 fully saturated rings.